The molecule has 3 rings (SSSR count). The van der Waals surface area contributed by atoms with Crippen LogP contribution in [-0.4, -0.2) is 42.4 Å². The Morgan fingerprint density at radius 2 is 2.00 bits per heavy atom. The number of carboxylic acid groups (broad SMARTS) is 1. The molecule has 2 N–H and O–H groups in total. The average Bonchev–Trinajstić information content (AvgIpc) is 2.94. The van der Waals surface area contributed by atoms with E-state index >= 15 is 0 Å². The molecule has 0 aliphatic rings. The highest BCUT2D eigenvalue weighted by Gasteiger charge is 2.18. The van der Waals surface area contributed by atoms with Gasteiger partial charge in [-0.15, -0.1) is 5.10 Å². The number of aromatic carboxylic acids is 1. The number of carboxylic acids is 1. The number of anilines is 1. The number of halogens is 1. The zero-order chi connectivity index (χ0) is 19.8. The Morgan fingerprint density at radius 3 is 2.67 bits per heavy atom. The number of nitrogens with one attached hydrogen (secondary N) is 1. The minimum absolute atomic E-state index is 0.0846. The minimum Gasteiger partial charge on any atom is -0.478 e. The van der Waals surface area contributed by atoms with Crippen LogP contribution in [0.5, 0.6) is 0 Å². The van der Waals surface area contributed by atoms with Crippen LogP contribution in [-0.2, 0) is 4.74 Å². The quantitative estimate of drug-likeness (QED) is 0.658. The molecule has 0 spiro atoms. The summed E-state index contributed by atoms with van der Waals surface area (Å²) in [6.07, 6.45) is 2.44. The largest absolute Gasteiger partial charge is 0.478 e. The van der Waals surface area contributed by atoms with Gasteiger partial charge in [0.2, 0.25) is 0 Å². The fourth-order valence-corrected chi connectivity index (χ4v) is 2.45. The van der Waals surface area contributed by atoms with E-state index in [0.29, 0.717) is 16.8 Å². The summed E-state index contributed by atoms with van der Waals surface area (Å²) in [4.78, 5) is 31.2. The second-order valence-electron chi connectivity index (χ2n) is 6.65. The van der Waals surface area contributed by atoms with E-state index in [1.165, 1.54) is 16.8 Å². The maximum atomic E-state index is 11.8. The van der Waals surface area contributed by atoms with Gasteiger partial charge in [0.15, 0.2) is 5.65 Å². The zero-order valence-corrected chi connectivity index (χ0v) is 15.5. The average molecular weight is 390 g/mol. The third-order valence-corrected chi connectivity index (χ3v) is 3.65. The van der Waals surface area contributed by atoms with E-state index in [-0.39, 0.29) is 16.7 Å². The lowest BCUT2D eigenvalue weighted by molar-refractivity contribution is 0.0632. The molecule has 3 aromatic heterocycles. The van der Waals surface area contributed by atoms with Crippen LogP contribution in [0.1, 0.15) is 31.1 Å². The third-order valence-electron chi connectivity index (χ3n) is 3.35. The van der Waals surface area contributed by atoms with Crippen molar-refractivity contribution < 1.29 is 19.4 Å². The summed E-state index contributed by atoms with van der Waals surface area (Å²) in [5, 5.41) is 15.7. The molecular formula is C17H16ClN5O4. The molecule has 0 saturated heterocycles. The molecule has 0 atom stereocenters. The molecule has 140 valence electrons. The van der Waals surface area contributed by atoms with Gasteiger partial charge in [-0.25, -0.2) is 19.1 Å². The number of hydrogen-bond donors (Lipinski definition) is 2. The standard InChI is InChI=1S/C17H16ClN5O4/c1-17(2,3)27-16(26)21-15-20-12-7-9(4-5-23(12)22-15)10-6-11(14(24)25)13(18)19-8-10/h4-8H,1-3H3,(H,24,25)(H,21,22,26). The van der Waals surface area contributed by atoms with Gasteiger partial charge in [-0.2, -0.15) is 4.98 Å². The lowest BCUT2D eigenvalue weighted by Gasteiger charge is -2.18. The Kier molecular flexibility index (Phi) is 4.71. The lowest BCUT2D eigenvalue weighted by atomic mass is 10.1. The Hall–Kier alpha value is -3.20. The Labute approximate surface area is 159 Å². The van der Waals surface area contributed by atoms with Gasteiger partial charge in [0.25, 0.3) is 5.95 Å². The molecule has 0 saturated carbocycles. The molecule has 0 aliphatic heterocycles. The molecule has 10 heteroatoms. The van der Waals surface area contributed by atoms with Crippen molar-refractivity contribution >= 4 is 35.3 Å². The first-order valence-corrected chi connectivity index (χ1v) is 8.26. The fourth-order valence-electron chi connectivity index (χ4n) is 2.26. The van der Waals surface area contributed by atoms with Crippen LogP contribution in [0.3, 0.4) is 0 Å². The number of aromatic nitrogens is 4. The number of hydrogen-bond acceptors (Lipinski definition) is 6. The second-order valence-corrected chi connectivity index (χ2v) is 7.01. The van der Waals surface area contributed by atoms with Crippen molar-refractivity contribution in [1.29, 1.82) is 0 Å². The van der Waals surface area contributed by atoms with Crippen LogP contribution in [0.4, 0.5) is 10.7 Å². The predicted molar refractivity (Wildman–Crippen MR) is 98.0 cm³/mol. The van der Waals surface area contributed by atoms with Crippen molar-refractivity contribution in [1.82, 2.24) is 19.6 Å². The molecule has 0 fully saturated rings. The van der Waals surface area contributed by atoms with E-state index in [9.17, 15) is 14.7 Å². The molecule has 3 aromatic rings. The zero-order valence-electron chi connectivity index (χ0n) is 14.7. The monoisotopic (exact) mass is 389 g/mol. The normalized spacial score (nSPS) is 11.4. The second kappa shape index (κ2) is 6.84. The number of carbonyl (C=O) groups excluding carboxylic acids is 1. The molecule has 9 nitrogen and oxygen atoms in total. The van der Waals surface area contributed by atoms with Gasteiger partial charge in [-0.3, -0.25) is 5.32 Å². The highest BCUT2D eigenvalue weighted by molar-refractivity contribution is 6.32. The van der Waals surface area contributed by atoms with Gasteiger partial charge in [-0.1, -0.05) is 11.6 Å². The van der Waals surface area contributed by atoms with Crippen molar-refractivity contribution in [2.24, 2.45) is 0 Å². The first-order valence-electron chi connectivity index (χ1n) is 7.88. The van der Waals surface area contributed by atoms with E-state index in [1.807, 2.05) is 0 Å². The van der Waals surface area contributed by atoms with Gasteiger partial charge in [0, 0.05) is 18.0 Å². The minimum atomic E-state index is -1.17. The van der Waals surface area contributed by atoms with Gasteiger partial charge >= 0.3 is 12.1 Å². The molecule has 0 bridgehead atoms. The molecule has 0 radical (unpaired) electrons. The number of amides is 1. The first kappa shape index (κ1) is 18.6. The van der Waals surface area contributed by atoms with Gasteiger partial charge < -0.3 is 9.84 Å². The van der Waals surface area contributed by atoms with Crippen LogP contribution in [0.25, 0.3) is 16.8 Å². The van der Waals surface area contributed by atoms with Crippen LogP contribution < -0.4 is 5.32 Å². The van der Waals surface area contributed by atoms with Crippen molar-refractivity contribution in [2.75, 3.05) is 5.32 Å². The van der Waals surface area contributed by atoms with E-state index in [0.717, 1.165) is 0 Å². The van der Waals surface area contributed by atoms with E-state index in [2.05, 4.69) is 20.4 Å². The summed E-state index contributed by atoms with van der Waals surface area (Å²) >= 11 is 5.80. The number of fused-ring (bicyclic) bond motifs is 1. The number of pyridine rings is 2. The van der Waals surface area contributed by atoms with Crippen molar-refractivity contribution in [3.8, 4) is 11.1 Å². The Bertz CT molecular complexity index is 1040. The van der Waals surface area contributed by atoms with E-state index in [4.69, 9.17) is 16.3 Å². The summed E-state index contributed by atoms with van der Waals surface area (Å²) < 4.78 is 6.63. The first-order chi connectivity index (χ1) is 12.6. The summed E-state index contributed by atoms with van der Waals surface area (Å²) in [6.45, 7) is 5.25. The van der Waals surface area contributed by atoms with E-state index in [1.54, 1.807) is 39.1 Å². The molecule has 1 amide bonds. The number of ether oxygens (including phenoxy) is 1. The topological polar surface area (TPSA) is 119 Å². The highest BCUT2D eigenvalue weighted by Crippen LogP contribution is 2.24. The van der Waals surface area contributed by atoms with Crippen LogP contribution in [0.2, 0.25) is 5.15 Å². The lowest BCUT2D eigenvalue weighted by Crippen LogP contribution is -2.27. The summed E-state index contributed by atoms with van der Waals surface area (Å²) in [6, 6.07) is 4.83. The van der Waals surface area contributed by atoms with Crippen molar-refractivity contribution in [2.45, 2.75) is 26.4 Å². The number of nitrogens with zero attached hydrogens (tertiary/aromatic N) is 4. The molecule has 27 heavy (non-hydrogen) atoms. The van der Waals surface area contributed by atoms with Crippen LogP contribution in [0.15, 0.2) is 30.6 Å². The summed E-state index contributed by atoms with van der Waals surface area (Å²) in [7, 11) is 0. The molecular weight excluding hydrogens is 374 g/mol. The molecule has 0 unspecified atom stereocenters. The van der Waals surface area contributed by atoms with Gasteiger partial charge in [0.1, 0.15) is 10.8 Å². The Morgan fingerprint density at radius 1 is 1.26 bits per heavy atom. The highest BCUT2D eigenvalue weighted by atomic mass is 35.5. The van der Waals surface area contributed by atoms with Gasteiger partial charge in [-0.05, 0) is 44.5 Å². The fraction of sp³-hybridized carbons (Fsp3) is 0.235. The SMILES string of the molecule is CC(C)(C)OC(=O)Nc1nc2cc(-c3cnc(Cl)c(C(=O)O)c3)ccn2n1. The van der Waals surface area contributed by atoms with Crippen molar-refractivity contribution in [3.05, 3.63) is 41.3 Å². The predicted octanol–water partition coefficient (Wildman–Crippen LogP) is 3.49. The Balaban J connectivity index is 1.89. The summed E-state index contributed by atoms with van der Waals surface area (Å²) in [5.74, 6) is -1.08. The third kappa shape index (κ3) is 4.32. The molecule has 0 aromatic carbocycles. The summed E-state index contributed by atoms with van der Waals surface area (Å²) in [5.41, 5.74) is 0.947. The molecule has 0 aliphatic carbocycles. The number of carbonyl (C=O) groups is 2. The number of rotatable bonds is 3. The maximum Gasteiger partial charge on any atom is 0.414 e. The maximum absolute atomic E-state index is 11.8. The van der Waals surface area contributed by atoms with E-state index < -0.39 is 17.7 Å². The molecule has 3 heterocycles. The van der Waals surface area contributed by atoms with Gasteiger partial charge in [0.05, 0.1) is 5.56 Å². The van der Waals surface area contributed by atoms with Crippen LogP contribution >= 0.6 is 11.6 Å². The van der Waals surface area contributed by atoms with Crippen molar-refractivity contribution in [3.63, 3.8) is 0 Å². The smallest absolute Gasteiger partial charge is 0.414 e. The van der Waals surface area contributed by atoms with Crippen LogP contribution in [0, 0.1) is 0 Å².